The fraction of sp³-hybridized carbons (Fsp3) is 0.607. The van der Waals surface area contributed by atoms with Crippen LogP contribution in [-0.4, -0.2) is 59.2 Å². The summed E-state index contributed by atoms with van der Waals surface area (Å²) in [6.07, 6.45) is 9.15. The molecule has 0 aromatic heterocycles. The summed E-state index contributed by atoms with van der Waals surface area (Å²) >= 11 is 1.60. The molecule has 8 heteroatoms. The molecule has 2 N–H and O–H groups in total. The Labute approximate surface area is 217 Å². The van der Waals surface area contributed by atoms with Crippen LogP contribution in [0.3, 0.4) is 0 Å². The number of likely N-dealkylation sites (tertiary alicyclic amines) is 1. The van der Waals surface area contributed by atoms with E-state index < -0.39 is 29.6 Å². The summed E-state index contributed by atoms with van der Waals surface area (Å²) in [6, 6.07) is 6.97. The first kappa shape index (κ1) is 25.3. The molecule has 1 aromatic rings. The Hall–Kier alpha value is -2.32. The van der Waals surface area contributed by atoms with Gasteiger partial charge in [0.2, 0.25) is 17.7 Å². The zero-order chi connectivity index (χ0) is 25.6. The lowest BCUT2D eigenvalue weighted by Crippen LogP contribution is -2.57. The summed E-state index contributed by atoms with van der Waals surface area (Å²) in [5.74, 6) is -1.03. The summed E-state index contributed by atoms with van der Waals surface area (Å²) in [7, 11) is 0. The van der Waals surface area contributed by atoms with Gasteiger partial charge < -0.3 is 20.3 Å². The van der Waals surface area contributed by atoms with Crippen molar-refractivity contribution in [1.29, 1.82) is 0 Å². The van der Waals surface area contributed by atoms with E-state index >= 15 is 0 Å². The molecule has 3 heterocycles. The van der Waals surface area contributed by atoms with Gasteiger partial charge in [0, 0.05) is 23.2 Å². The maximum Gasteiger partial charge on any atom is 0.246 e. The van der Waals surface area contributed by atoms with E-state index in [2.05, 4.69) is 24.5 Å². The molecular formula is C28H37N3O4S. The number of anilines is 1. The molecule has 4 aliphatic rings. The molecule has 0 unspecified atom stereocenters. The SMILES string of the molecule is CCCN1C(=O)[C@H]2[C@H](C(=O)Nc3cccc(SC)c3)[C@H]3C=C[C@@]2(O3)[C@@H]1C(=O)N[C@@H]1CCC[C@@H](C)[C@@H]1C. The van der Waals surface area contributed by atoms with E-state index in [1.54, 1.807) is 16.7 Å². The number of thioether (sulfide) groups is 1. The lowest BCUT2D eigenvalue weighted by atomic mass is 9.73. The van der Waals surface area contributed by atoms with E-state index in [-0.39, 0.29) is 23.8 Å². The quantitative estimate of drug-likeness (QED) is 0.429. The number of nitrogens with zero attached hydrogens (tertiary/aromatic N) is 1. The van der Waals surface area contributed by atoms with Crippen LogP contribution in [0, 0.1) is 23.7 Å². The van der Waals surface area contributed by atoms with Crippen LogP contribution in [0.25, 0.3) is 0 Å². The van der Waals surface area contributed by atoms with Crippen molar-refractivity contribution in [1.82, 2.24) is 10.2 Å². The third kappa shape index (κ3) is 4.06. The lowest BCUT2D eigenvalue weighted by Gasteiger charge is -2.38. The second-order valence-corrected chi connectivity index (χ2v) is 11.7. The van der Waals surface area contributed by atoms with Crippen LogP contribution < -0.4 is 10.6 Å². The Morgan fingerprint density at radius 1 is 1.22 bits per heavy atom. The first-order valence-electron chi connectivity index (χ1n) is 13.2. The van der Waals surface area contributed by atoms with Crippen LogP contribution in [0.1, 0.15) is 46.5 Å². The van der Waals surface area contributed by atoms with Crippen LogP contribution in [0.15, 0.2) is 41.3 Å². The maximum absolute atomic E-state index is 13.8. The minimum Gasteiger partial charge on any atom is -0.359 e. The van der Waals surface area contributed by atoms with Crippen LogP contribution in [-0.2, 0) is 19.1 Å². The van der Waals surface area contributed by atoms with Crippen molar-refractivity contribution in [3.63, 3.8) is 0 Å². The molecule has 7 nitrogen and oxygen atoms in total. The average Bonchev–Trinajstić information content (AvgIpc) is 3.50. The zero-order valence-corrected chi connectivity index (χ0v) is 22.3. The van der Waals surface area contributed by atoms with Gasteiger partial charge in [0.05, 0.1) is 17.9 Å². The molecule has 3 amide bonds. The molecule has 1 saturated carbocycles. The molecular weight excluding hydrogens is 474 g/mol. The Morgan fingerprint density at radius 3 is 2.78 bits per heavy atom. The van der Waals surface area contributed by atoms with Crippen molar-refractivity contribution in [3.8, 4) is 0 Å². The number of rotatable bonds is 7. The number of hydrogen-bond donors (Lipinski definition) is 2. The first-order chi connectivity index (χ1) is 17.3. The normalized spacial score (nSPS) is 36.7. The zero-order valence-electron chi connectivity index (χ0n) is 21.5. The van der Waals surface area contributed by atoms with Gasteiger partial charge >= 0.3 is 0 Å². The molecule has 194 valence electrons. The molecule has 5 rings (SSSR count). The summed E-state index contributed by atoms with van der Waals surface area (Å²) in [5.41, 5.74) is -0.411. The van der Waals surface area contributed by atoms with Gasteiger partial charge in [-0.05, 0) is 49.1 Å². The first-order valence-corrected chi connectivity index (χ1v) is 14.5. The molecule has 3 fully saturated rings. The monoisotopic (exact) mass is 511 g/mol. The van der Waals surface area contributed by atoms with Gasteiger partial charge in [-0.3, -0.25) is 14.4 Å². The van der Waals surface area contributed by atoms with Crippen LogP contribution in [0.2, 0.25) is 0 Å². The standard InChI is InChI=1S/C28H37N3O4S/c1-5-14-31-24(26(33)30-20-11-6-8-16(2)17(20)3)28-13-12-21(35-28)22(23(28)27(31)34)25(32)29-18-9-7-10-19(15-18)36-4/h7,9-10,12-13,15-17,20-24H,5-6,8,11,14H2,1-4H3,(H,29,32)(H,30,33)/t16-,17+,20-,21-,22-,23-,24+,28+/m1/s1. The number of fused-ring (bicyclic) bond motifs is 1. The summed E-state index contributed by atoms with van der Waals surface area (Å²) in [4.78, 5) is 43.9. The van der Waals surface area contributed by atoms with Crippen molar-refractivity contribution >= 4 is 35.2 Å². The van der Waals surface area contributed by atoms with Crippen LogP contribution in [0.5, 0.6) is 0 Å². The third-order valence-electron chi connectivity index (χ3n) is 8.76. The molecule has 1 aromatic carbocycles. The fourth-order valence-corrected chi connectivity index (χ4v) is 7.18. The maximum atomic E-state index is 13.8. The third-order valence-corrected chi connectivity index (χ3v) is 9.49. The second kappa shape index (κ2) is 9.86. The Kier molecular flexibility index (Phi) is 6.94. The summed E-state index contributed by atoms with van der Waals surface area (Å²) < 4.78 is 6.42. The number of nitrogens with one attached hydrogen (secondary N) is 2. The Bertz CT molecular complexity index is 1080. The van der Waals surface area contributed by atoms with Gasteiger partial charge in [-0.15, -0.1) is 11.8 Å². The number of benzene rings is 1. The van der Waals surface area contributed by atoms with Crippen LogP contribution >= 0.6 is 11.8 Å². The van der Waals surface area contributed by atoms with Gasteiger partial charge in [0.25, 0.3) is 0 Å². The second-order valence-electron chi connectivity index (χ2n) is 10.8. The number of carbonyl (C=O) groups excluding carboxylic acids is 3. The molecule has 1 aliphatic carbocycles. The molecule has 8 atom stereocenters. The summed E-state index contributed by atoms with van der Waals surface area (Å²) in [6.45, 7) is 6.89. The van der Waals surface area contributed by atoms with Gasteiger partial charge in [-0.2, -0.15) is 0 Å². The van der Waals surface area contributed by atoms with Gasteiger partial charge in [-0.1, -0.05) is 51.8 Å². The highest BCUT2D eigenvalue weighted by Gasteiger charge is 2.72. The number of ether oxygens (including phenoxy) is 1. The average molecular weight is 512 g/mol. The number of carbonyl (C=O) groups is 3. The molecule has 36 heavy (non-hydrogen) atoms. The minimum atomic E-state index is -1.10. The van der Waals surface area contributed by atoms with Crippen LogP contribution in [0.4, 0.5) is 5.69 Å². The van der Waals surface area contributed by atoms with E-state index in [0.29, 0.717) is 24.1 Å². The smallest absolute Gasteiger partial charge is 0.246 e. The van der Waals surface area contributed by atoms with E-state index in [1.165, 1.54) is 6.42 Å². The molecule has 2 saturated heterocycles. The topological polar surface area (TPSA) is 87.7 Å². The van der Waals surface area contributed by atoms with Crippen molar-refractivity contribution < 1.29 is 19.1 Å². The van der Waals surface area contributed by atoms with Crippen molar-refractivity contribution in [2.24, 2.45) is 23.7 Å². The highest BCUT2D eigenvalue weighted by Crippen LogP contribution is 2.55. The molecule has 0 radical (unpaired) electrons. The Morgan fingerprint density at radius 2 is 2.03 bits per heavy atom. The highest BCUT2D eigenvalue weighted by atomic mass is 32.2. The lowest BCUT2D eigenvalue weighted by molar-refractivity contribution is -0.141. The van der Waals surface area contributed by atoms with E-state index in [4.69, 9.17) is 4.74 Å². The number of amides is 3. The van der Waals surface area contributed by atoms with Gasteiger partial charge in [0.15, 0.2) is 0 Å². The highest BCUT2D eigenvalue weighted by molar-refractivity contribution is 7.98. The van der Waals surface area contributed by atoms with E-state index in [9.17, 15) is 14.4 Å². The Balaban J connectivity index is 1.41. The molecule has 3 aliphatic heterocycles. The molecule has 2 bridgehead atoms. The largest absolute Gasteiger partial charge is 0.359 e. The van der Waals surface area contributed by atoms with E-state index in [1.807, 2.05) is 49.6 Å². The predicted molar refractivity (Wildman–Crippen MR) is 140 cm³/mol. The minimum absolute atomic E-state index is 0.0840. The summed E-state index contributed by atoms with van der Waals surface area (Å²) in [5, 5.41) is 6.29. The fourth-order valence-electron chi connectivity index (χ4n) is 6.72. The van der Waals surface area contributed by atoms with Crippen molar-refractivity contribution in [2.75, 3.05) is 18.1 Å². The van der Waals surface area contributed by atoms with Gasteiger partial charge in [-0.25, -0.2) is 0 Å². The molecule has 1 spiro atoms. The van der Waals surface area contributed by atoms with Crippen molar-refractivity contribution in [2.45, 2.75) is 75.1 Å². The van der Waals surface area contributed by atoms with Gasteiger partial charge in [0.1, 0.15) is 11.6 Å². The van der Waals surface area contributed by atoms with Crippen molar-refractivity contribution in [3.05, 3.63) is 36.4 Å². The number of hydrogen-bond acceptors (Lipinski definition) is 5. The van der Waals surface area contributed by atoms with E-state index in [0.717, 1.165) is 24.2 Å². The predicted octanol–water partition coefficient (Wildman–Crippen LogP) is 3.85.